The molecule has 0 aliphatic heterocycles. The molecule has 0 saturated heterocycles. The highest BCUT2D eigenvalue weighted by molar-refractivity contribution is 5.96. The molecule has 0 aliphatic carbocycles. The summed E-state index contributed by atoms with van der Waals surface area (Å²) in [5, 5.41) is 25.0. The Bertz CT molecular complexity index is 698. The van der Waals surface area contributed by atoms with Crippen LogP contribution in [0.15, 0.2) is 0 Å². The van der Waals surface area contributed by atoms with E-state index in [0.717, 1.165) is 0 Å². The Morgan fingerprint density at radius 1 is 0.806 bits per heavy atom. The lowest BCUT2D eigenvalue weighted by molar-refractivity contribution is -0.142. The van der Waals surface area contributed by atoms with E-state index in [-0.39, 0.29) is 18.8 Å². The maximum Gasteiger partial charge on any atom is 0.326 e. The van der Waals surface area contributed by atoms with Gasteiger partial charge < -0.3 is 43.4 Å². The summed E-state index contributed by atoms with van der Waals surface area (Å²) in [5.74, 6) is -6.34. The molecule has 0 aromatic heterocycles. The van der Waals surface area contributed by atoms with Gasteiger partial charge in [0.05, 0.1) is 19.1 Å². The summed E-state index contributed by atoms with van der Waals surface area (Å²) < 4.78 is 0. The van der Waals surface area contributed by atoms with Gasteiger partial charge in [0.2, 0.25) is 29.5 Å². The molecule has 0 fully saturated rings. The first-order valence-electron chi connectivity index (χ1n) is 9.37. The summed E-state index contributed by atoms with van der Waals surface area (Å²) in [6.07, 6.45) is -1.35. The number of carboxylic acid groups (broad SMARTS) is 1. The van der Waals surface area contributed by atoms with E-state index in [0.29, 0.717) is 0 Å². The molecule has 0 spiro atoms. The van der Waals surface area contributed by atoms with E-state index in [1.54, 1.807) is 13.8 Å². The van der Waals surface area contributed by atoms with Crippen molar-refractivity contribution in [3.05, 3.63) is 0 Å². The van der Waals surface area contributed by atoms with Crippen molar-refractivity contribution < 1.29 is 39.0 Å². The quantitative estimate of drug-likeness (QED) is 0.128. The van der Waals surface area contributed by atoms with Gasteiger partial charge in [-0.05, 0) is 12.3 Å². The third-order valence-corrected chi connectivity index (χ3v) is 4.17. The number of nitrogens with two attached hydrogens (primary N) is 3. The van der Waals surface area contributed by atoms with Gasteiger partial charge in [-0.3, -0.25) is 24.0 Å². The predicted octanol–water partition coefficient (Wildman–Crippen LogP) is -4.36. The zero-order valence-corrected chi connectivity index (χ0v) is 17.3. The monoisotopic (exact) mass is 446 g/mol. The second-order valence-electron chi connectivity index (χ2n) is 7.15. The maximum atomic E-state index is 12.4. The lowest BCUT2D eigenvalue weighted by atomic mass is 10.0. The van der Waals surface area contributed by atoms with Gasteiger partial charge in [-0.1, -0.05) is 13.8 Å². The van der Waals surface area contributed by atoms with Gasteiger partial charge in [-0.25, -0.2) is 4.79 Å². The van der Waals surface area contributed by atoms with E-state index < -0.39 is 72.7 Å². The summed E-state index contributed by atoms with van der Waals surface area (Å²) in [6, 6.07) is -5.59. The Labute approximate surface area is 178 Å². The number of aliphatic carboxylic acids is 1. The molecule has 4 unspecified atom stereocenters. The van der Waals surface area contributed by atoms with Crippen molar-refractivity contribution in [2.24, 2.45) is 23.1 Å². The molecule has 0 aromatic carbocycles. The highest BCUT2D eigenvalue weighted by Crippen LogP contribution is 2.02. The molecule has 0 bridgehead atoms. The van der Waals surface area contributed by atoms with Gasteiger partial charge in [-0.2, -0.15) is 0 Å². The summed E-state index contributed by atoms with van der Waals surface area (Å²) in [6.45, 7) is 2.49. The third kappa shape index (κ3) is 10.4. The van der Waals surface area contributed by atoms with Crippen LogP contribution in [0.1, 0.15) is 33.1 Å². The van der Waals surface area contributed by atoms with Gasteiger partial charge in [0.25, 0.3) is 0 Å². The number of carboxylic acids is 1. The molecule has 5 amide bonds. The van der Waals surface area contributed by atoms with Gasteiger partial charge >= 0.3 is 5.97 Å². The van der Waals surface area contributed by atoms with Crippen LogP contribution in [0, 0.1) is 5.92 Å². The van der Waals surface area contributed by atoms with Crippen molar-refractivity contribution in [3.63, 3.8) is 0 Å². The molecule has 0 aliphatic rings. The lowest BCUT2D eigenvalue weighted by Crippen LogP contribution is -2.59. The summed E-state index contributed by atoms with van der Waals surface area (Å²) in [7, 11) is 0. The van der Waals surface area contributed by atoms with E-state index >= 15 is 0 Å². The van der Waals surface area contributed by atoms with E-state index in [1.807, 2.05) is 0 Å². The Balaban J connectivity index is 5.31. The van der Waals surface area contributed by atoms with Crippen LogP contribution in [0.25, 0.3) is 0 Å². The van der Waals surface area contributed by atoms with Crippen molar-refractivity contribution in [2.75, 3.05) is 6.61 Å². The Hall–Kier alpha value is -3.26. The number of aliphatic hydroxyl groups is 1. The molecule has 0 heterocycles. The molecule has 0 saturated carbocycles. The van der Waals surface area contributed by atoms with Crippen LogP contribution >= 0.6 is 0 Å². The number of rotatable bonds is 14. The minimum atomic E-state index is -1.61. The zero-order valence-electron chi connectivity index (χ0n) is 17.3. The van der Waals surface area contributed by atoms with Crippen molar-refractivity contribution in [2.45, 2.75) is 57.3 Å². The Morgan fingerprint density at radius 3 is 1.71 bits per heavy atom. The average molecular weight is 446 g/mol. The van der Waals surface area contributed by atoms with Crippen molar-refractivity contribution in [1.29, 1.82) is 0 Å². The van der Waals surface area contributed by atoms with Gasteiger partial charge in [0, 0.05) is 6.42 Å². The predicted molar refractivity (Wildman–Crippen MR) is 106 cm³/mol. The topological polar surface area (TPSA) is 257 Å². The smallest absolute Gasteiger partial charge is 0.326 e. The first-order valence-corrected chi connectivity index (χ1v) is 9.37. The molecule has 14 heteroatoms. The summed E-state index contributed by atoms with van der Waals surface area (Å²) in [5.41, 5.74) is 15.7. The molecule has 176 valence electrons. The van der Waals surface area contributed by atoms with Crippen molar-refractivity contribution in [3.8, 4) is 0 Å². The van der Waals surface area contributed by atoms with Crippen LogP contribution in [0.5, 0.6) is 0 Å². The van der Waals surface area contributed by atoms with E-state index in [1.165, 1.54) is 0 Å². The van der Waals surface area contributed by atoms with Gasteiger partial charge in [0.1, 0.15) is 18.1 Å². The third-order valence-electron chi connectivity index (χ3n) is 4.17. The Morgan fingerprint density at radius 2 is 1.29 bits per heavy atom. The van der Waals surface area contributed by atoms with E-state index in [4.69, 9.17) is 22.3 Å². The zero-order chi connectivity index (χ0) is 24.3. The Kier molecular flexibility index (Phi) is 11.7. The normalized spacial score (nSPS) is 14.6. The molecule has 0 rings (SSSR count). The fourth-order valence-corrected chi connectivity index (χ4v) is 2.26. The van der Waals surface area contributed by atoms with Crippen LogP contribution in [-0.4, -0.2) is 76.5 Å². The minimum Gasteiger partial charge on any atom is -0.480 e. The standard InChI is InChI=1S/C17H30N6O8/c1-7(2)13(20)16(29)23-10(6-24)15(28)22-9(5-12(19)26)14(27)21-8(17(30)31)3-4-11(18)25/h7-10,13,24H,3-6,20H2,1-2H3,(H2,18,25)(H2,19,26)(H,21,27)(H,22,28)(H,23,29)(H,30,31). The summed E-state index contributed by atoms with van der Waals surface area (Å²) >= 11 is 0. The fraction of sp³-hybridized carbons (Fsp3) is 0.647. The van der Waals surface area contributed by atoms with Crippen molar-refractivity contribution in [1.82, 2.24) is 16.0 Å². The van der Waals surface area contributed by atoms with Gasteiger partial charge in [0.15, 0.2) is 0 Å². The van der Waals surface area contributed by atoms with E-state index in [2.05, 4.69) is 16.0 Å². The first-order chi connectivity index (χ1) is 14.3. The molecular formula is C17H30N6O8. The molecule has 0 radical (unpaired) electrons. The lowest BCUT2D eigenvalue weighted by Gasteiger charge is -2.24. The van der Waals surface area contributed by atoms with Gasteiger partial charge in [-0.15, -0.1) is 0 Å². The van der Waals surface area contributed by atoms with E-state index in [9.17, 15) is 33.9 Å². The molecular weight excluding hydrogens is 416 g/mol. The molecule has 31 heavy (non-hydrogen) atoms. The van der Waals surface area contributed by atoms with Crippen LogP contribution < -0.4 is 33.2 Å². The van der Waals surface area contributed by atoms with Crippen LogP contribution in [0.2, 0.25) is 0 Å². The first kappa shape index (κ1) is 27.7. The number of aliphatic hydroxyl groups excluding tert-OH is 1. The minimum absolute atomic E-state index is 0.260. The average Bonchev–Trinajstić information content (AvgIpc) is 2.66. The molecule has 4 atom stereocenters. The fourth-order valence-electron chi connectivity index (χ4n) is 2.26. The largest absolute Gasteiger partial charge is 0.480 e. The number of nitrogens with one attached hydrogen (secondary N) is 3. The summed E-state index contributed by atoms with van der Waals surface area (Å²) in [4.78, 5) is 70.3. The van der Waals surface area contributed by atoms with Crippen LogP contribution in [0.4, 0.5) is 0 Å². The maximum absolute atomic E-state index is 12.4. The SMILES string of the molecule is CC(C)C(N)C(=O)NC(CO)C(=O)NC(CC(N)=O)C(=O)NC(CCC(N)=O)C(=O)O. The molecule has 14 nitrogen and oxygen atoms in total. The number of amides is 5. The number of carbonyl (C=O) groups excluding carboxylic acids is 5. The van der Waals surface area contributed by atoms with Crippen molar-refractivity contribution >= 4 is 35.5 Å². The highest BCUT2D eigenvalue weighted by atomic mass is 16.4. The molecule has 11 N–H and O–H groups in total. The van der Waals surface area contributed by atoms with Crippen LogP contribution in [-0.2, 0) is 28.8 Å². The second kappa shape index (κ2) is 13.1. The molecule has 0 aromatic rings. The number of hydrogen-bond donors (Lipinski definition) is 8. The number of carbonyl (C=O) groups is 6. The van der Waals surface area contributed by atoms with Crippen LogP contribution in [0.3, 0.4) is 0 Å². The highest BCUT2D eigenvalue weighted by Gasteiger charge is 2.31. The number of hydrogen-bond acceptors (Lipinski definition) is 8. The second-order valence-corrected chi connectivity index (χ2v) is 7.15. The number of primary amides is 2.